The molecule has 2 N–H and O–H groups in total. The normalized spacial score (nSPS) is 17.2. The monoisotopic (exact) mass is 401 g/mol. The number of hydrogen-bond donors (Lipinski definition) is 2. The third-order valence-corrected chi connectivity index (χ3v) is 5.55. The zero-order chi connectivity index (χ0) is 15.5. The summed E-state index contributed by atoms with van der Waals surface area (Å²) in [5.74, 6) is -1.01. The molecule has 1 saturated carbocycles. The number of nitrogens with one attached hydrogen (secondary N) is 1. The van der Waals surface area contributed by atoms with Gasteiger partial charge in [-0.15, -0.1) is 0 Å². The Bertz CT molecular complexity index is 550. The molecule has 1 aliphatic carbocycles. The summed E-state index contributed by atoms with van der Waals surface area (Å²) in [6, 6.07) is 5.62. The fourth-order valence-electron chi connectivity index (χ4n) is 2.99. The molecule has 1 fully saturated rings. The van der Waals surface area contributed by atoms with Gasteiger partial charge in [0.2, 0.25) is 0 Å². The van der Waals surface area contributed by atoms with Crippen LogP contribution >= 0.6 is 22.6 Å². The Labute approximate surface area is 138 Å². The first-order valence-corrected chi connectivity index (χ1v) is 8.31. The lowest BCUT2D eigenvalue weighted by Gasteiger charge is -2.37. The zero-order valence-corrected chi connectivity index (χ0v) is 14.3. The predicted molar refractivity (Wildman–Crippen MR) is 89.4 cm³/mol. The summed E-state index contributed by atoms with van der Waals surface area (Å²) >= 11 is 2.17. The number of amides is 1. The smallest absolute Gasteiger partial charge is 0.305 e. The number of aliphatic carboxylic acids is 1. The van der Waals surface area contributed by atoms with Crippen LogP contribution < -0.4 is 5.32 Å². The van der Waals surface area contributed by atoms with Crippen molar-refractivity contribution in [2.24, 2.45) is 0 Å². The molecular formula is C16H20INO3. The Balaban J connectivity index is 2.21. The molecule has 0 heterocycles. The number of carbonyl (C=O) groups excluding carboxylic acids is 1. The number of halogens is 1. The lowest BCUT2D eigenvalue weighted by Crippen LogP contribution is -2.51. The molecule has 1 aromatic carbocycles. The molecule has 1 aliphatic rings. The van der Waals surface area contributed by atoms with E-state index in [1.54, 1.807) is 6.07 Å². The van der Waals surface area contributed by atoms with E-state index in [1.165, 1.54) is 0 Å². The Morgan fingerprint density at radius 3 is 2.57 bits per heavy atom. The molecule has 0 radical (unpaired) electrons. The fraction of sp³-hybridized carbons (Fsp3) is 0.500. The molecule has 114 valence electrons. The van der Waals surface area contributed by atoms with E-state index in [0.717, 1.165) is 41.2 Å². The summed E-state index contributed by atoms with van der Waals surface area (Å²) < 4.78 is 0.925. The number of carboxylic acids is 1. The SMILES string of the molecule is Cc1cccc(C(=O)NC2(CC(=O)O)CCCCC2)c1I. The molecule has 2 rings (SSSR count). The van der Waals surface area contributed by atoms with Crippen molar-refractivity contribution in [1.29, 1.82) is 0 Å². The first-order chi connectivity index (χ1) is 9.93. The topological polar surface area (TPSA) is 66.4 Å². The molecule has 21 heavy (non-hydrogen) atoms. The van der Waals surface area contributed by atoms with Crippen LogP contribution in [0.5, 0.6) is 0 Å². The van der Waals surface area contributed by atoms with Gasteiger partial charge in [0, 0.05) is 3.57 Å². The highest BCUT2D eigenvalue weighted by atomic mass is 127. The van der Waals surface area contributed by atoms with Gasteiger partial charge in [-0.3, -0.25) is 9.59 Å². The summed E-state index contributed by atoms with van der Waals surface area (Å²) in [6.07, 6.45) is 4.54. The van der Waals surface area contributed by atoms with E-state index in [4.69, 9.17) is 5.11 Å². The van der Waals surface area contributed by atoms with Gasteiger partial charge in [-0.1, -0.05) is 31.4 Å². The summed E-state index contributed by atoms with van der Waals surface area (Å²) in [6.45, 7) is 1.96. The van der Waals surface area contributed by atoms with E-state index < -0.39 is 11.5 Å². The van der Waals surface area contributed by atoms with E-state index in [1.807, 2.05) is 19.1 Å². The van der Waals surface area contributed by atoms with Gasteiger partial charge in [0.05, 0.1) is 17.5 Å². The predicted octanol–water partition coefficient (Wildman–Crippen LogP) is 3.51. The van der Waals surface area contributed by atoms with E-state index >= 15 is 0 Å². The number of carboxylic acid groups (broad SMARTS) is 1. The van der Waals surface area contributed by atoms with Gasteiger partial charge >= 0.3 is 5.97 Å². The molecule has 0 aromatic heterocycles. The van der Waals surface area contributed by atoms with Crippen LogP contribution in [-0.4, -0.2) is 22.5 Å². The van der Waals surface area contributed by atoms with Crippen LogP contribution in [0.4, 0.5) is 0 Å². The van der Waals surface area contributed by atoms with Gasteiger partial charge in [0.1, 0.15) is 0 Å². The van der Waals surface area contributed by atoms with Crippen LogP contribution in [0.15, 0.2) is 18.2 Å². The highest BCUT2D eigenvalue weighted by Crippen LogP contribution is 2.32. The van der Waals surface area contributed by atoms with Crippen LogP contribution in [0, 0.1) is 10.5 Å². The Morgan fingerprint density at radius 2 is 1.95 bits per heavy atom. The minimum Gasteiger partial charge on any atom is -0.481 e. The van der Waals surface area contributed by atoms with Crippen molar-refractivity contribution in [3.05, 3.63) is 32.9 Å². The van der Waals surface area contributed by atoms with Crippen molar-refractivity contribution in [1.82, 2.24) is 5.32 Å². The van der Waals surface area contributed by atoms with Crippen LogP contribution in [0.3, 0.4) is 0 Å². The summed E-state index contributed by atoms with van der Waals surface area (Å²) in [5.41, 5.74) is 1.10. The first kappa shape index (κ1) is 16.3. The number of aryl methyl sites for hydroxylation is 1. The minimum atomic E-state index is -0.851. The van der Waals surface area contributed by atoms with Crippen LogP contribution in [-0.2, 0) is 4.79 Å². The van der Waals surface area contributed by atoms with Crippen molar-refractivity contribution < 1.29 is 14.7 Å². The van der Waals surface area contributed by atoms with Crippen LogP contribution in [0.2, 0.25) is 0 Å². The molecule has 0 atom stereocenters. The second-order valence-electron chi connectivity index (χ2n) is 5.80. The zero-order valence-electron chi connectivity index (χ0n) is 12.1. The fourth-order valence-corrected chi connectivity index (χ4v) is 3.60. The van der Waals surface area contributed by atoms with E-state index in [0.29, 0.717) is 5.56 Å². The van der Waals surface area contributed by atoms with Crippen molar-refractivity contribution in [2.75, 3.05) is 0 Å². The highest BCUT2D eigenvalue weighted by molar-refractivity contribution is 14.1. The number of hydrogen-bond acceptors (Lipinski definition) is 2. The molecule has 0 saturated heterocycles. The van der Waals surface area contributed by atoms with Crippen molar-refractivity contribution in [3.8, 4) is 0 Å². The molecule has 5 heteroatoms. The molecule has 4 nitrogen and oxygen atoms in total. The number of benzene rings is 1. The summed E-state index contributed by atoms with van der Waals surface area (Å²) in [7, 11) is 0. The molecule has 0 aliphatic heterocycles. The van der Waals surface area contributed by atoms with E-state index in [9.17, 15) is 9.59 Å². The maximum Gasteiger partial charge on any atom is 0.305 e. The number of rotatable bonds is 4. The standard InChI is InChI=1S/C16H20INO3/c1-11-6-5-7-12(14(11)17)15(21)18-16(10-13(19)20)8-3-2-4-9-16/h5-7H,2-4,8-10H2,1H3,(H,18,21)(H,19,20). The van der Waals surface area contributed by atoms with E-state index in [2.05, 4.69) is 27.9 Å². The minimum absolute atomic E-state index is 0.00113. The molecule has 0 spiro atoms. The number of carbonyl (C=O) groups is 2. The Morgan fingerprint density at radius 1 is 1.29 bits per heavy atom. The van der Waals surface area contributed by atoms with Gasteiger partial charge in [0.15, 0.2) is 0 Å². The Kier molecular flexibility index (Phi) is 5.24. The first-order valence-electron chi connectivity index (χ1n) is 7.23. The van der Waals surface area contributed by atoms with Gasteiger partial charge in [0.25, 0.3) is 5.91 Å². The van der Waals surface area contributed by atoms with Crippen LogP contribution in [0.25, 0.3) is 0 Å². The second-order valence-corrected chi connectivity index (χ2v) is 6.88. The summed E-state index contributed by atoms with van der Waals surface area (Å²) in [5, 5.41) is 12.2. The van der Waals surface area contributed by atoms with Crippen LogP contribution in [0.1, 0.15) is 54.4 Å². The third-order valence-electron chi connectivity index (χ3n) is 4.12. The average Bonchev–Trinajstić information content (AvgIpc) is 2.41. The highest BCUT2D eigenvalue weighted by Gasteiger charge is 2.36. The van der Waals surface area contributed by atoms with Gasteiger partial charge in [-0.05, 0) is 54.0 Å². The maximum atomic E-state index is 12.6. The lowest BCUT2D eigenvalue weighted by atomic mass is 9.79. The lowest BCUT2D eigenvalue weighted by molar-refractivity contribution is -0.139. The van der Waals surface area contributed by atoms with Gasteiger partial charge < -0.3 is 10.4 Å². The summed E-state index contributed by atoms with van der Waals surface area (Å²) in [4.78, 5) is 23.7. The molecular weight excluding hydrogens is 381 g/mol. The quantitative estimate of drug-likeness (QED) is 0.759. The molecule has 0 unspecified atom stereocenters. The average molecular weight is 401 g/mol. The molecule has 0 bridgehead atoms. The van der Waals surface area contributed by atoms with Gasteiger partial charge in [-0.25, -0.2) is 0 Å². The molecule has 1 aromatic rings. The van der Waals surface area contributed by atoms with E-state index in [-0.39, 0.29) is 12.3 Å². The second kappa shape index (κ2) is 6.77. The largest absolute Gasteiger partial charge is 0.481 e. The van der Waals surface area contributed by atoms with Crippen molar-refractivity contribution in [3.63, 3.8) is 0 Å². The third kappa shape index (κ3) is 3.96. The van der Waals surface area contributed by atoms with Gasteiger partial charge in [-0.2, -0.15) is 0 Å². The van der Waals surface area contributed by atoms with Crippen molar-refractivity contribution >= 4 is 34.5 Å². The maximum absolute atomic E-state index is 12.6. The Hall–Kier alpha value is -1.11. The van der Waals surface area contributed by atoms with Crippen molar-refractivity contribution in [2.45, 2.75) is 51.0 Å². The molecule has 1 amide bonds.